The Kier molecular flexibility index (Phi) is 10.0. The van der Waals surface area contributed by atoms with E-state index in [1.54, 1.807) is 18.2 Å². The molecule has 2 N–H and O–H groups in total. The molecule has 292 valence electrons. The Morgan fingerprint density at radius 2 is 1.60 bits per heavy atom. The summed E-state index contributed by atoms with van der Waals surface area (Å²) < 4.78 is 6.17. The molecule has 0 aromatic heterocycles. The smallest absolute Gasteiger partial charge is 0.257 e. The molecule has 0 spiro atoms. The number of imide groups is 1. The number of hydrogen-bond donors (Lipinski definition) is 2. The van der Waals surface area contributed by atoms with Gasteiger partial charge in [0.25, 0.3) is 11.8 Å². The fraction of sp³-hybridized carbons (Fsp3) is 0.444. The van der Waals surface area contributed by atoms with Crippen LogP contribution < -0.4 is 10.1 Å². The minimum atomic E-state index is -1.21. The van der Waals surface area contributed by atoms with Crippen LogP contribution in [0.3, 0.4) is 0 Å². The predicted octanol–water partition coefficient (Wildman–Crippen LogP) is 5.98. The lowest BCUT2D eigenvalue weighted by molar-refractivity contribution is -0.139. The Hall–Kier alpha value is -5.20. The molecule has 9 rings (SSSR count). The van der Waals surface area contributed by atoms with Crippen molar-refractivity contribution in [2.75, 3.05) is 6.54 Å². The second-order valence-electron chi connectivity index (χ2n) is 16.5. The lowest BCUT2D eigenvalue weighted by Crippen LogP contribution is -2.53. The lowest BCUT2D eigenvalue weighted by Gasteiger charge is -2.34. The maximum Gasteiger partial charge on any atom is 0.257 e. The average Bonchev–Trinajstić information content (AvgIpc) is 3.83. The molecule has 6 aliphatic rings. The maximum atomic E-state index is 13.4. The summed E-state index contributed by atoms with van der Waals surface area (Å²) in [6.07, 6.45) is 6.91. The number of nitrogens with one attached hydrogen (secondary N) is 1. The first-order valence-corrected chi connectivity index (χ1v) is 20.5. The van der Waals surface area contributed by atoms with Crippen molar-refractivity contribution in [2.45, 2.75) is 108 Å². The Bertz CT molecular complexity index is 2280. The molecule has 2 unspecified atom stereocenters. The maximum absolute atomic E-state index is 13.4. The van der Waals surface area contributed by atoms with Crippen LogP contribution in [0.1, 0.15) is 125 Å². The highest BCUT2D eigenvalue weighted by Gasteiger charge is 2.45. The molecule has 3 aromatic carbocycles. The van der Waals surface area contributed by atoms with Crippen LogP contribution in [-0.4, -0.2) is 68.2 Å². The number of ether oxygens (including phenoxy) is 1. The molecule has 4 amide bonds. The van der Waals surface area contributed by atoms with Crippen molar-refractivity contribution in [3.63, 3.8) is 0 Å². The third kappa shape index (κ3) is 7.29. The lowest BCUT2D eigenvalue weighted by atomic mass is 9.82. The van der Waals surface area contributed by atoms with Crippen molar-refractivity contribution >= 4 is 35.2 Å². The highest BCUT2D eigenvalue weighted by Crippen LogP contribution is 2.40. The largest absolute Gasteiger partial charge is 0.490 e. The number of nitriles is 1. The molecule has 2 saturated carbocycles. The van der Waals surface area contributed by atoms with Crippen molar-refractivity contribution in [2.24, 2.45) is 11.8 Å². The highest BCUT2D eigenvalue weighted by molar-refractivity contribution is 6.31. The van der Waals surface area contributed by atoms with Crippen LogP contribution in [0.4, 0.5) is 0 Å². The summed E-state index contributed by atoms with van der Waals surface area (Å²) in [6, 6.07) is 16.4. The fourth-order valence-electron chi connectivity index (χ4n) is 9.81. The molecule has 4 aliphatic heterocycles. The number of piperidine rings is 1. The summed E-state index contributed by atoms with van der Waals surface area (Å²) >= 11 is 6.19. The normalized spacial score (nSPS) is 27.0. The molecule has 2 aliphatic carbocycles. The number of amides is 4. The van der Waals surface area contributed by atoms with Crippen LogP contribution in [0, 0.1) is 35.0 Å². The van der Waals surface area contributed by atoms with E-state index in [-0.39, 0.29) is 42.7 Å². The van der Waals surface area contributed by atoms with Crippen molar-refractivity contribution in [3.05, 3.63) is 98.1 Å². The number of hydrogen-bond acceptors (Lipinski definition) is 8. The van der Waals surface area contributed by atoms with E-state index in [0.717, 1.165) is 98.8 Å². The Labute approximate surface area is 336 Å². The minimum absolute atomic E-state index is 0.0488. The Morgan fingerprint density at radius 3 is 2.33 bits per heavy atom. The second-order valence-corrected chi connectivity index (χ2v) is 16.9. The molecule has 4 heterocycles. The number of nitrogens with zero attached hydrogens (tertiary/aromatic N) is 4. The van der Waals surface area contributed by atoms with E-state index in [1.807, 2.05) is 29.2 Å². The van der Waals surface area contributed by atoms with Gasteiger partial charge in [0, 0.05) is 72.9 Å². The van der Waals surface area contributed by atoms with Crippen LogP contribution in [0.25, 0.3) is 0 Å². The van der Waals surface area contributed by atoms with E-state index in [9.17, 15) is 24.3 Å². The van der Waals surface area contributed by atoms with Gasteiger partial charge >= 0.3 is 0 Å². The summed E-state index contributed by atoms with van der Waals surface area (Å²) in [4.78, 5) is 56.6. The molecule has 57 heavy (non-hydrogen) atoms. The number of halogens is 1. The molecule has 11 nitrogen and oxygen atoms in total. The molecular formula is C45H44ClN5O6. The first-order chi connectivity index (χ1) is 27.6. The van der Waals surface area contributed by atoms with E-state index < -0.39 is 18.2 Å². The molecule has 1 saturated heterocycles. The standard InChI is InChI=1S/C45H44ClN5O6/c46-39-20-35(11-8-29(39)21-47)57-34-12-9-33(10-13-34)50-25-32-17-27(7-14-36(32)43(50)54)4-1-26-2-5-28(6-3-26)22-49-23-30-18-37-38(19-31(30)24-49)45(56)51(44(37)55)40-15-16-41(52)48-42(40)53/h7-8,11,14,17-20,26,28,33-34,40,44,55H,2-3,5-6,9-10,12-13,15-16,22-25H2,(H,48,52,53). The Balaban J connectivity index is 0.742. The van der Waals surface area contributed by atoms with E-state index >= 15 is 0 Å². The quantitative estimate of drug-likeness (QED) is 0.230. The molecule has 12 heteroatoms. The van der Waals surface area contributed by atoms with Crippen LogP contribution in [-0.2, 0) is 29.2 Å². The van der Waals surface area contributed by atoms with Gasteiger partial charge in [-0.25, -0.2) is 0 Å². The zero-order valence-corrected chi connectivity index (χ0v) is 32.4. The molecule has 2 atom stereocenters. The number of carbonyl (C=O) groups is 4. The predicted molar refractivity (Wildman–Crippen MR) is 209 cm³/mol. The fourth-order valence-corrected chi connectivity index (χ4v) is 10.0. The summed E-state index contributed by atoms with van der Waals surface area (Å²) in [5.41, 5.74) is 6.37. The molecule has 0 bridgehead atoms. The van der Waals surface area contributed by atoms with Gasteiger partial charge in [0.15, 0.2) is 6.23 Å². The van der Waals surface area contributed by atoms with Gasteiger partial charge in [0.2, 0.25) is 11.8 Å². The van der Waals surface area contributed by atoms with E-state index in [0.29, 0.717) is 45.8 Å². The first kappa shape index (κ1) is 37.4. The van der Waals surface area contributed by atoms with Gasteiger partial charge < -0.3 is 14.7 Å². The number of aliphatic hydroxyl groups excluding tert-OH is 1. The Morgan fingerprint density at radius 1 is 0.825 bits per heavy atom. The van der Waals surface area contributed by atoms with Crippen LogP contribution >= 0.6 is 11.6 Å². The summed E-state index contributed by atoms with van der Waals surface area (Å²) in [7, 11) is 0. The van der Waals surface area contributed by atoms with Crippen LogP contribution in [0.2, 0.25) is 5.02 Å². The first-order valence-electron chi connectivity index (χ1n) is 20.2. The molecule has 0 radical (unpaired) electrons. The zero-order valence-electron chi connectivity index (χ0n) is 31.6. The second kappa shape index (κ2) is 15.3. The van der Waals surface area contributed by atoms with Crippen molar-refractivity contribution < 1.29 is 29.0 Å². The number of aliphatic hydroxyl groups is 1. The summed E-state index contributed by atoms with van der Waals surface area (Å²) in [5, 5.41) is 22.9. The van der Waals surface area contributed by atoms with Gasteiger partial charge in [-0.05, 0) is 123 Å². The monoisotopic (exact) mass is 785 g/mol. The third-order valence-electron chi connectivity index (χ3n) is 12.9. The van der Waals surface area contributed by atoms with E-state index in [4.69, 9.17) is 21.6 Å². The number of fused-ring (bicyclic) bond motifs is 3. The van der Waals surface area contributed by atoms with E-state index in [1.165, 1.54) is 4.90 Å². The van der Waals surface area contributed by atoms with Crippen LogP contribution in [0.15, 0.2) is 48.5 Å². The van der Waals surface area contributed by atoms with Crippen molar-refractivity contribution in [1.29, 1.82) is 5.26 Å². The summed E-state index contributed by atoms with van der Waals surface area (Å²) in [6.45, 7) is 3.07. The van der Waals surface area contributed by atoms with Gasteiger partial charge in [-0.15, -0.1) is 0 Å². The average molecular weight is 786 g/mol. The molecule has 3 fully saturated rings. The molecular weight excluding hydrogens is 742 g/mol. The number of carbonyl (C=O) groups excluding carboxylic acids is 4. The van der Waals surface area contributed by atoms with Gasteiger partial charge in [0.1, 0.15) is 17.9 Å². The third-order valence-corrected chi connectivity index (χ3v) is 13.2. The van der Waals surface area contributed by atoms with Gasteiger partial charge in [0.05, 0.1) is 16.7 Å². The van der Waals surface area contributed by atoms with Crippen LogP contribution in [0.5, 0.6) is 5.75 Å². The van der Waals surface area contributed by atoms with Gasteiger partial charge in [-0.3, -0.25) is 34.3 Å². The van der Waals surface area contributed by atoms with Gasteiger partial charge in [-0.1, -0.05) is 23.4 Å². The topological polar surface area (TPSA) is 143 Å². The summed E-state index contributed by atoms with van der Waals surface area (Å²) in [5.74, 6) is 7.37. The van der Waals surface area contributed by atoms with Crippen molar-refractivity contribution in [1.82, 2.24) is 20.0 Å². The van der Waals surface area contributed by atoms with Crippen molar-refractivity contribution in [3.8, 4) is 23.7 Å². The zero-order chi connectivity index (χ0) is 39.4. The SMILES string of the molecule is N#Cc1ccc(OC2CCC(N3Cc4cc(C#CC5CCC(CN6Cc7cc8c(cc7C6)C(O)N(C6CCC(=O)NC6=O)C8=O)CC5)ccc4C3=O)CC2)cc1Cl. The van der Waals surface area contributed by atoms with E-state index in [2.05, 4.69) is 34.2 Å². The minimum Gasteiger partial charge on any atom is -0.490 e. The van der Waals surface area contributed by atoms with Gasteiger partial charge in [-0.2, -0.15) is 5.26 Å². The highest BCUT2D eigenvalue weighted by atomic mass is 35.5. The molecule has 3 aromatic rings. The number of benzene rings is 3. The number of rotatable bonds is 6.